The number of anilines is 2. The van der Waals surface area contributed by atoms with Crippen LogP contribution < -0.4 is 29.9 Å². The van der Waals surface area contributed by atoms with Crippen LogP contribution in [0.5, 0.6) is 11.5 Å². The highest BCUT2D eigenvalue weighted by Gasteiger charge is 2.44. The summed E-state index contributed by atoms with van der Waals surface area (Å²) in [5, 5.41) is 7.56. The van der Waals surface area contributed by atoms with Crippen molar-refractivity contribution in [2.24, 2.45) is 0 Å². The van der Waals surface area contributed by atoms with Crippen molar-refractivity contribution < 1.29 is 38.2 Å². The van der Waals surface area contributed by atoms with Crippen LogP contribution in [0.25, 0.3) is 10.9 Å². The Bertz CT molecular complexity index is 2390. The van der Waals surface area contributed by atoms with E-state index in [0.29, 0.717) is 23.8 Å². The number of amides is 5. The molecule has 318 valence electrons. The van der Waals surface area contributed by atoms with E-state index in [-0.39, 0.29) is 49.1 Å². The second kappa shape index (κ2) is 19.0. The first-order valence-corrected chi connectivity index (χ1v) is 21.7. The van der Waals surface area contributed by atoms with Gasteiger partial charge in [0.25, 0.3) is 17.7 Å². The summed E-state index contributed by atoms with van der Waals surface area (Å²) in [6.45, 7) is 6.58. The number of piperidine rings is 1. The van der Waals surface area contributed by atoms with E-state index in [2.05, 4.69) is 67.8 Å². The lowest BCUT2D eigenvalue weighted by Crippen LogP contribution is -2.54. The molecule has 2 aromatic heterocycles. The minimum absolute atomic E-state index is 0.0382. The first-order chi connectivity index (χ1) is 29.7. The van der Waals surface area contributed by atoms with Gasteiger partial charge in [-0.2, -0.15) is 0 Å². The third-order valence-electron chi connectivity index (χ3n) is 11.3. The molecule has 0 radical (unpaired) electrons. The number of nitrogens with one attached hydrogen (secondary N) is 3. The number of nitrogens with zero attached hydrogens (tertiary/aromatic N) is 4. The lowest BCUT2D eigenvalue weighted by molar-refractivity contribution is -0.136. The molecule has 3 aliphatic rings. The number of benzene rings is 3. The van der Waals surface area contributed by atoms with Gasteiger partial charge in [-0.05, 0) is 73.4 Å². The van der Waals surface area contributed by atoms with Crippen molar-refractivity contribution in [1.29, 1.82) is 0 Å². The average molecular weight is 848 g/mol. The number of imide groups is 2. The van der Waals surface area contributed by atoms with E-state index in [9.17, 15) is 24.0 Å². The number of hydrogen-bond donors (Lipinski definition) is 3. The van der Waals surface area contributed by atoms with Gasteiger partial charge in [0.15, 0.2) is 5.13 Å². The lowest BCUT2D eigenvalue weighted by atomic mass is 10.0. The largest absolute Gasteiger partial charge is 0.491 e. The van der Waals surface area contributed by atoms with Crippen LogP contribution in [0.15, 0.2) is 79.1 Å². The molecule has 0 aliphatic carbocycles. The predicted octanol–water partition coefficient (Wildman–Crippen LogP) is 5.36. The van der Waals surface area contributed by atoms with Crippen molar-refractivity contribution in [3.05, 3.63) is 101 Å². The molecule has 5 aromatic rings. The van der Waals surface area contributed by atoms with Crippen LogP contribution in [0.2, 0.25) is 0 Å². The number of aromatic nitrogens is 2. The van der Waals surface area contributed by atoms with Gasteiger partial charge in [0.05, 0.1) is 30.5 Å². The molecule has 0 saturated carbocycles. The average Bonchev–Trinajstić information content (AvgIpc) is 4.00. The van der Waals surface area contributed by atoms with Crippen LogP contribution >= 0.6 is 11.3 Å². The Kier molecular flexibility index (Phi) is 12.9. The molecule has 2 atom stereocenters. The number of H-pyrrole nitrogens is 1. The normalized spacial score (nSPS) is 17.1. The molecule has 0 bridgehead atoms. The lowest BCUT2D eigenvalue weighted by Gasteiger charge is -2.36. The van der Waals surface area contributed by atoms with E-state index in [0.717, 1.165) is 78.8 Å². The van der Waals surface area contributed by atoms with Crippen molar-refractivity contribution in [2.75, 3.05) is 62.4 Å². The molecule has 5 amide bonds. The molecule has 2 saturated heterocycles. The molecule has 2 unspecified atom stereocenters. The molecule has 3 aliphatic heterocycles. The number of fused-ring (bicyclic) bond motifs is 2. The SMILES string of the molecule is CCCCC(Cc1c[nH]c2ccccc12)NC(=O)c1cnc(N2CCN(c3ccc(OCCOCCOc4ccc5c(c4)C(=O)N(C4CCC(=O)NC4=O)C5=O)cc3)CC2)s1. The fourth-order valence-electron chi connectivity index (χ4n) is 8.00. The number of piperazine rings is 1. The molecule has 61 heavy (non-hydrogen) atoms. The van der Waals surface area contributed by atoms with Crippen molar-refractivity contribution in [2.45, 2.75) is 57.5 Å². The number of thiazole rings is 1. The maximum atomic E-state index is 13.4. The van der Waals surface area contributed by atoms with E-state index in [1.165, 1.54) is 34.4 Å². The van der Waals surface area contributed by atoms with E-state index >= 15 is 0 Å². The van der Waals surface area contributed by atoms with Crippen LogP contribution in [0.1, 0.15) is 75.0 Å². The van der Waals surface area contributed by atoms with Crippen LogP contribution in [0.4, 0.5) is 10.8 Å². The number of carbonyl (C=O) groups excluding carboxylic acids is 5. The topological polar surface area (TPSA) is 176 Å². The zero-order valence-electron chi connectivity index (χ0n) is 34.0. The van der Waals surface area contributed by atoms with Gasteiger partial charge in [-0.1, -0.05) is 49.3 Å². The summed E-state index contributed by atoms with van der Waals surface area (Å²) in [5.41, 5.74) is 3.78. The molecule has 3 N–H and O–H groups in total. The van der Waals surface area contributed by atoms with Gasteiger partial charge in [-0.25, -0.2) is 4.98 Å². The Labute approximate surface area is 357 Å². The first-order valence-electron chi connectivity index (χ1n) is 20.9. The highest BCUT2D eigenvalue weighted by Crippen LogP contribution is 2.31. The van der Waals surface area contributed by atoms with E-state index in [1.807, 2.05) is 24.3 Å². The number of hydrogen-bond acceptors (Lipinski definition) is 12. The third-order valence-corrected chi connectivity index (χ3v) is 12.3. The van der Waals surface area contributed by atoms with Gasteiger partial charge < -0.3 is 34.3 Å². The quantitative estimate of drug-likeness (QED) is 0.0766. The molecule has 2 fully saturated rings. The van der Waals surface area contributed by atoms with Crippen LogP contribution in [-0.2, 0) is 20.7 Å². The van der Waals surface area contributed by atoms with Crippen LogP contribution in [0.3, 0.4) is 0 Å². The van der Waals surface area contributed by atoms with Gasteiger partial charge in [0.2, 0.25) is 11.8 Å². The minimum Gasteiger partial charge on any atom is -0.491 e. The van der Waals surface area contributed by atoms with Crippen molar-refractivity contribution >= 4 is 62.6 Å². The smallest absolute Gasteiger partial charge is 0.263 e. The minimum atomic E-state index is -1.02. The van der Waals surface area contributed by atoms with E-state index < -0.39 is 29.7 Å². The Morgan fingerprint density at radius 3 is 2.38 bits per heavy atom. The molecule has 3 aromatic carbocycles. The summed E-state index contributed by atoms with van der Waals surface area (Å²) < 4.78 is 17.3. The van der Waals surface area contributed by atoms with Gasteiger partial charge >= 0.3 is 0 Å². The molecule has 16 heteroatoms. The van der Waals surface area contributed by atoms with Gasteiger partial charge in [0.1, 0.15) is 35.6 Å². The molecule has 0 spiro atoms. The molecular formula is C45H49N7O8S. The number of para-hydroxylation sites is 1. The van der Waals surface area contributed by atoms with Crippen molar-refractivity contribution in [3.63, 3.8) is 0 Å². The summed E-state index contributed by atoms with van der Waals surface area (Å²) in [6.07, 6.45) is 7.73. The number of unbranched alkanes of at least 4 members (excludes halogenated alkanes) is 1. The summed E-state index contributed by atoms with van der Waals surface area (Å²) in [7, 11) is 0. The van der Waals surface area contributed by atoms with Gasteiger partial charge in [-0.3, -0.25) is 34.2 Å². The molecule has 5 heterocycles. The molecule has 8 rings (SSSR count). The van der Waals surface area contributed by atoms with Crippen molar-refractivity contribution in [3.8, 4) is 11.5 Å². The van der Waals surface area contributed by atoms with Crippen LogP contribution in [-0.4, -0.2) is 109 Å². The van der Waals surface area contributed by atoms with E-state index in [4.69, 9.17) is 14.2 Å². The highest BCUT2D eigenvalue weighted by atomic mass is 32.1. The Morgan fingerprint density at radius 2 is 1.61 bits per heavy atom. The summed E-state index contributed by atoms with van der Waals surface area (Å²) in [4.78, 5) is 77.3. The Morgan fingerprint density at radius 1 is 0.885 bits per heavy atom. The van der Waals surface area contributed by atoms with Crippen molar-refractivity contribution in [1.82, 2.24) is 25.5 Å². The standard InChI is InChI=1S/C45H49N7O8S/c1-2-3-6-30(25-29-27-46-37-8-5-4-7-34(29)37)48-42(55)39-28-47-45(61-39)51-19-17-50(18-20-51)31-9-11-32(12-10-31)59-23-21-58-22-24-60-33-13-14-35-36(26-33)44(57)52(43(35)56)38-15-16-40(53)49-41(38)54/h4-5,7-14,26-28,30,38,46H,2-3,6,15-25H2,1H3,(H,48,55)(H,49,53,54). The maximum absolute atomic E-state index is 13.4. The fraction of sp³-hybridized carbons (Fsp3) is 0.378. The van der Waals surface area contributed by atoms with Crippen LogP contribution in [0, 0.1) is 0 Å². The number of carbonyl (C=O) groups is 5. The number of rotatable bonds is 18. The maximum Gasteiger partial charge on any atom is 0.263 e. The second-order valence-electron chi connectivity index (χ2n) is 15.3. The van der Waals surface area contributed by atoms with Gasteiger partial charge in [0, 0.05) is 61.4 Å². The third kappa shape index (κ3) is 9.55. The monoisotopic (exact) mass is 847 g/mol. The second-order valence-corrected chi connectivity index (χ2v) is 16.3. The number of ether oxygens (including phenoxy) is 3. The number of aromatic amines is 1. The zero-order chi connectivity index (χ0) is 42.3. The molecular weight excluding hydrogens is 799 g/mol. The summed E-state index contributed by atoms with van der Waals surface area (Å²) in [6, 6.07) is 19.9. The fourth-order valence-corrected chi connectivity index (χ4v) is 8.87. The Hall–Kier alpha value is -6.26. The Balaban J connectivity index is 0.730. The summed E-state index contributed by atoms with van der Waals surface area (Å²) in [5.74, 6) is -1.16. The highest BCUT2D eigenvalue weighted by molar-refractivity contribution is 7.17. The molecule has 15 nitrogen and oxygen atoms in total. The van der Waals surface area contributed by atoms with Gasteiger partial charge in [-0.15, -0.1) is 0 Å². The van der Waals surface area contributed by atoms with E-state index in [1.54, 1.807) is 12.3 Å². The first kappa shape index (κ1) is 41.5. The summed E-state index contributed by atoms with van der Waals surface area (Å²) >= 11 is 1.45. The zero-order valence-corrected chi connectivity index (χ0v) is 34.8. The predicted molar refractivity (Wildman–Crippen MR) is 231 cm³/mol.